The fraction of sp³-hybridized carbons (Fsp3) is 0.882. The third-order valence-electron chi connectivity index (χ3n) is 16.2. The lowest BCUT2D eigenvalue weighted by molar-refractivity contribution is 0.131. The Morgan fingerprint density at radius 3 is 1.21 bits per heavy atom. The van der Waals surface area contributed by atoms with Crippen LogP contribution >= 0.6 is 0 Å². The molecule has 0 saturated heterocycles. The second kappa shape index (κ2) is 31.9. The van der Waals surface area contributed by atoms with Crippen LogP contribution in [0.3, 0.4) is 0 Å². The molecule has 0 aromatic heterocycles. The molecular weight excluding hydrogens is 793 g/mol. The standard InChI is InChI=1S/3C17H26N2O2/c18-12-21-11-17-7-3-15(4-8-17)9-14-1-5-16(6-2-14)10-19-13-20;18-12-21-11-17-6-2-4-15(9-17)7-14-3-1-5-16(8-14)10-19-13-20;20-12-18-10-16-7-3-1-5-14(16)9-15-6-2-4-8-17(15)11-19-13-21/h3*14-17H,1-11H2. The van der Waals surface area contributed by atoms with E-state index in [1.807, 2.05) is 0 Å². The van der Waals surface area contributed by atoms with Gasteiger partial charge in [-0.3, -0.25) is 0 Å². The van der Waals surface area contributed by atoms with Gasteiger partial charge in [-0.2, -0.15) is 10.5 Å². The number of rotatable bonds is 18. The maximum absolute atomic E-state index is 10.4. The number of nitrogens with zero attached hydrogens (tertiary/aromatic N) is 6. The van der Waals surface area contributed by atoms with Crippen LogP contribution in [0.4, 0.5) is 0 Å². The molecule has 0 spiro atoms. The van der Waals surface area contributed by atoms with Gasteiger partial charge in [0.15, 0.2) is 0 Å². The van der Waals surface area contributed by atoms with Crippen molar-refractivity contribution in [2.75, 3.05) is 39.4 Å². The van der Waals surface area contributed by atoms with Gasteiger partial charge in [0.2, 0.25) is 24.3 Å². The first-order valence-electron chi connectivity index (χ1n) is 25.1. The lowest BCUT2D eigenvalue weighted by Gasteiger charge is -2.37. The van der Waals surface area contributed by atoms with Gasteiger partial charge < -0.3 is 9.47 Å². The zero-order valence-corrected chi connectivity index (χ0v) is 38.4. The van der Waals surface area contributed by atoms with Gasteiger partial charge in [0, 0.05) is 0 Å². The van der Waals surface area contributed by atoms with Crippen molar-refractivity contribution in [1.82, 2.24) is 0 Å². The summed E-state index contributed by atoms with van der Waals surface area (Å²) in [6.07, 6.45) is 44.4. The summed E-state index contributed by atoms with van der Waals surface area (Å²) in [6.45, 7) is 3.87. The summed E-state index contributed by atoms with van der Waals surface area (Å²) in [7, 11) is 0. The van der Waals surface area contributed by atoms with E-state index in [9.17, 15) is 19.2 Å². The average Bonchev–Trinajstić information content (AvgIpc) is 3.32. The summed E-state index contributed by atoms with van der Waals surface area (Å²) < 4.78 is 9.80. The largest absolute Gasteiger partial charge is 0.427 e. The Kier molecular flexibility index (Phi) is 26.2. The molecule has 6 fully saturated rings. The molecule has 63 heavy (non-hydrogen) atoms. The Morgan fingerprint density at radius 2 is 0.714 bits per heavy atom. The van der Waals surface area contributed by atoms with E-state index in [0.29, 0.717) is 86.7 Å². The predicted octanol–water partition coefficient (Wildman–Crippen LogP) is 11.3. The molecule has 6 aliphatic rings. The van der Waals surface area contributed by atoms with E-state index in [4.69, 9.17) is 20.0 Å². The van der Waals surface area contributed by atoms with Crippen molar-refractivity contribution in [1.29, 1.82) is 10.5 Å². The quantitative estimate of drug-likeness (QED) is 0.0740. The summed E-state index contributed by atoms with van der Waals surface area (Å²) >= 11 is 0. The minimum Gasteiger partial charge on any atom is -0.427 e. The molecule has 6 rings (SSSR count). The third kappa shape index (κ3) is 20.7. The molecule has 12 nitrogen and oxygen atoms in total. The van der Waals surface area contributed by atoms with Gasteiger partial charge >= 0.3 is 0 Å². The molecule has 348 valence electrons. The molecule has 0 aliphatic heterocycles. The second-order valence-corrected chi connectivity index (χ2v) is 20.4. The van der Waals surface area contributed by atoms with Crippen molar-refractivity contribution in [3.05, 3.63) is 0 Å². The fourth-order valence-corrected chi connectivity index (χ4v) is 12.8. The van der Waals surface area contributed by atoms with E-state index < -0.39 is 0 Å². The minimum absolute atomic E-state index is 0.553. The number of ether oxygens (including phenoxy) is 2. The van der Waals surface area contributed by atoms with Crippen LogP contribution in [-0.4, -0.2) is 63.7 Å². The Hall–Kier alpha value is -3.90. The molecule has 0 aromatic rings. The van der Waals surface area contributed by atoms with E-state index >= 15 is 0 Å². The molecule has 8 atom stereocenters. The van der Waals surface area contributed by atoms with Gasteiger partial charge in [0.1, 0.15) is 13.2 Å². The van der Waals surface area contributed by atoms with Gasteiger partial charge in [0.05, 0.1) is 26.2 Å². The maximum Gasteiger partial charge on any atom is 0.286 e. The van der Waals surface area contributed by atoms with E-state index in [2.05, 4.69) is 20.0 Å². The normalized spacial score (nSPS) is 32.7. The SMILES string of the molecule is N#COCC1CCC(CC2CCC(CN=C=O)CC2)CC1.N#COCC1CCCC(CC2CCCC(CN=C=O)C2)C1.O=C=NCC1CCCCC1CC1CCCCC1CN=C=O. The molecule has 8 unspecified atom stereocenters. The van der Waals surface area contributed by atoms with Gasteiger partial charge in [-0.25, -0.2) is 39.1 Å². The molecule has 0 N–H and O–H groups in total. The summed E-state index contributed by atoms with van der Waals surface area (Å²) in [4.78, 5) is 56.3. The second-order valence-electron chi connectivity index (χ2n) is 20.4. The van der Waals surface area contributed by atoms with Crippen molar-refractivity contribution < 1.29 is 28.7 Å². The highest BCUT2D eigenvalue weighted by Gasteiger charge is 2.33. The van der Waals surface area contributed by atoms with Crippen molar-refractivity contribution in [3.8, 4) is 12.5 Å². The number of hydrogen-bond acceptors (Lipinski definition) is 12. The van der Waals surface area contributed by atoms with Gasteiger partial charge in [-0.15, -0.1) is 0 Å². The predicted molar refractivity (Wildman–Crippen MR) is 242 cm³/mol. The number of isocyanates is 4. The van der Waals surface area contributed by atoms with Crippen LogP contribution in [0.15, 0.2) is 20.0 Å². The summed E-state index contributed by atoms with van der Waals surface area (Å²) in [6, 6.07) is 0. The van der Waals surface area contributed by atoms with E-state index in [-0.39, 0.29) is 0 Å². The third-order valence-corrected chi connectivity index (χ3v) is 16.2. The van der Waals surface area contributed by atoms with Gasteiger partial charge in [-0.05, 0) is 154 Å². The highest BCUT2D eigenvalue weighted by molar-refractivity contribution is 5.33. The van der Waals surface area contributed by atoms with E-state index in [0.717, 1.165) is 23.7 Å². The van der Waals surface area contributed by atoms with Gasteiger partial charge in [-0.1, -0.05) is 89.9 Å². The van der Waals surface area contributed by atoms with E-state index in [1.54, 1.807) is 36.8 Å². The smallest absolute Gasteiger partial charge is 0.286 e. The summed E-state index contributed by atoms with van der Waals surface area (Å²) in [5.41, 5.74) is 0. The first kappa shape index (κ1) is 51.7. The Labute approximate surface area is 378 Å². The highest BCUT2D eigenvalue weighted by Crippen LogP contribution is 2.42. The number of carbonyl (C=O) groups excluding carboxylic acids is 4. The lowest BCUT2D eigenvalue weighted by Crippen LogP contribution is -2.29. The number of nitriles is 2. The summed E-state index contributed by atoms with van der Waals surface area (Å²) in [5, 5.41) is 17.0. The molecule has 0 heterocycles. The Morgan fingerprint density at radius 1 is 0.349 bits per heavy atom. The molecule has 12 heteroatoms. The van der Waals surface area contributed by atoms with Crippen LogP contribution < -0.4 is 0 Å². The van der Waals surface area contributed by atoms with Crippen LogP contribution in [0.2, 0.25) is 0 Å². The van der Waals surface area contributed by atoms with Crippen molar-refractivity contribution in [2.24, 2.45) is 91.0 Å². The van der Waals surface area contributed by atoms with Crippen molar-refractivity contribution in [3.63, 3.8) is 0 Å². The first-order valence-corrected chi connectivity index (χ1v) is 25.1. The molecule has 0 amide bonds. The van der Waals surface area contributed by atoms with Crippen molar-refractivity contribution in [2.45, 2.75) is 173 Å². The van der Waals surface area contributed by atoms with Crippen LogP contribution in [0.5, 0.6) is 0 Å². The van der Waals surface area contributed by atoms with Gasteiger partial charge in [0.25, 0.3) is 12.5 Å². The lowest BCUT2D eigenvalue weighted by atomic mass is 9.69. The fourth-order valence-electron chi connectivity index (χ4n) is 12.8. The van der Waals surface area contributed by atoms with Crippen LogP contribution in [0.1, 0.15) is 173 Å². The maximum atomic E-state index is 10.4. The zero-order valence-electron chi connectivity index (χ0n) is 38.4. The monoisotopic (exact) mass is 871 g/mol. The molecule has 6 aliphatic carbocycles. The molecule has 0 bridgehead atoms. The Balaban J connectivity index is 0.000000207. The van der Waals surface area contributed by atoms with Crippen LogP contribution in [-0.2, 0) is 28.7 Å². The molecule has 6 saturated carbocycles. The van der Waals surface area contributed by atoms with Crippen LogP contribution in [0, 0.1) is 94.0 Å². The first-order chi connectivity index (χ1) is 31.0. The number of hydrogen-bond donors (Lipinski definition) is 0. The number of aliphatic imine (C=N–C) groups is 4. The molecule has 0 aromatic carbocycles. The zero-order chi connectivity index (χ0) is 44.7. The Bertz CT molecular complexity index is 1520. The van der Waals surface area contributed by atoms with Crippen LogP contribution in [0.25, 0.3) is 0 Å². The highest BCUT2D eigenvalue weighted by atomic mass is 16.5. The average molecular weight is 871 g/mol. The molecule has 0 radical (unpaired) electrons. The minimum atomic E-state index is 0.553. The molecular formula is C51H78N6O6. The van der Waals surface area contributed by atoms with Crippen molar-refractivity contribution >= 4 is 24.3 Å². The summed E-state index contributed by atoms with van der Waals surface area (Å²) in [5.74, 6) is 8.18. The van der Waals surface area contributed by atoms with E-state index in [1.165, 1.54) is 173 Å². The topological polar surface area (TPSA) is 184 Å².